The Morgan fingerprint density at radius 1 is 0.636 bits per heavy atom. The molecule has 0 aliphatic heterocycles. The Morgan fingerprint density at radius 3 is 1.39 bits per heavy atom. The van der Waals surface area contributed by atoms with Gasteiger partial charge in [-0.05, 0) is 99.2 Å². The van der Waals surface area contributed by atoms with Crippen molar-refractivity contribution in [2.75, 3.05) is 0 Å². The van der Waals surface area contributed by atoms with E-state index in [-0.39, 0.29) is 11.5 Å². The number of carbonyl (C=O) groups excluding carboxylic acids is 2. The molecular weight excluding hydrogens is 416 g/mol. The first-order chi connectivity index (χ1) is 15.7. The van der Waals surface area contributed by atoms with Crippen molar-refractivity contribution in [3.63, 3.8) is 0 Å². The first-order valence-corrected chi connectivity index (χ1v) is 10.6. The number of benzene rings is 2. The quantitative estimate of drug-likeness (QED) is 0.421. The molecule has 0 bridgehead atoms. The molecule has 2 N–H and O–H groups in total. The van der Waals surface area contributed by atoms with E-state index in [1.165, 1.54) is 23.3 Å². The predicted molar refractivity (Wildman–Crippen MR) is 130 cm³/mol. The van der Waals surface area contributed by atoms with Gasteiger partial charge in [-0.1, -0.05) is 24.3 Å². The van der Waals surface area contributed by atoms with E-state index in [1.54, 1.807) is 13.8 Å². The number of furan rings is 1. The zero-order chi connectivity index (χ0) is 24.1. The van der Waals surface area contributed by atoms with Crippen molar-refractivity contribution < 1.29 is 14.0 Å². The van der Waals surface area contributed by atoms with Gasteiger partial charge in [0.15, 0.2) is 11.5 Å². The van der Waals surface area contributed by atoms with Gasteiger partial charge >= 0.3 is 11.8 Å². The number of hydrogen-bond acceptors (Lipinski definition) is 5. The smallest absolute Gasteiger partial charge is 0.307 e. The van der Waals surface area contributed by atoms with Crippen LogP contribution < -0.4 is 10.9 Å². The minimum absolute atomic E-state index is 0.0216. The Labute approximate surface area is 193 Å². The lowest BCUT2D eigenvalue weighted by molar-refractivity contribution is 0.0902. The molecule has 0 spiro atoms. The third-order valence-electron chi connectivity index (χ3n) is 5.55. The van der Waals surface area contributed by atoms with Gasteiger partial charge in [-0.15, -0.1) is 0 Å². The fourth-order valence-electron chi connectivity index (χ4n) is 3.02. The summed E-state index contributed by atoms with van der Waals surface area (Å²) < 4.78 is 5.39. The van der Waals surface area contributed by atoms with Crippen LogP contribution in [-0.2, 0) is 0 Å². The minimum atomic E-state index is -0.549. The van der Waals surface area contributed by atoms with Crippen LogP contribution in [0.2, 0.25) is 0 Å². The number of nitrogens with zero attached hydrogens (tertiary/aromatic N) is 2. The first kappa shape index (κ1) is 23.7. The van der Waals surface area contributed by atoms with Crippen LogP contribution in [0.25, 0.3) is 0 Å². The number of hydrogen-bond donors (Lipinski definition) is 2. The number of rotatable bonds is 6. The van der Waals surface area contributed by atoms with Crippen LogP contribution in [0.5, 0.6) is 0 Å². The van der Waals surface area contributed by atoms with Crippen molar-refractivity contribution in [2.24, 2.45) is 10.2 Å². The average molecular weight is 445 g/mol. The SMILES string of the molecule is C/C(=N\NC(=O)c1ccc(C(=O)N/N=C(\C)c2ccc(C)c(C)c2)o1)c1ccc(C)c(C)c1. The van der Waals surface area contributed by atoms with Gasteiger partial charge in [0.25, 0.3) is 0 Å². The highest BCUT2D eigenvalue weighted by molar-refractivity contribution is 6.02. The van der Waals surface area contributed by atoms with Crippen molar-refractivity contribution in [1.82, 2.24) is 10.9 Å². The highest BCUT2D eigenvalue weighted by Crippen LogP contribution is 2.12. The molecule has 0 saturated carbocycles. The maximum absolute atomic E-state index is 12.4. The standard InChI is InChI=1S/C26H28N4O3/c1-15-7-9-21(13-17(15)3)19(5)27-29-25(31)23-11-12-24(33-23)26(32)30-28-20(6)22-10-8-16(2)18(4)14-22/h7-14H,1-6H3,(H,29,31)(H,30,32)/b27-19+,28-20+. The van der Waals surface area contributed by atoms with Crippen molar-refractivity contribution in [3.05, 3.63) is 93.4 Å². The molecule has 33 heavy (non-hydrogen) atoms. The normalized spacial score (nSPS) is 11.9. The molecule has 0 atom stereocenters. The van der Waals surface area contributed by atoms with E-state index < -0.39 is 11.8 Å². The third kappa shape index (κ3) is 5.83. The molecule has 0 radical (unpaired) electrons. The van der Waals surface area contributed by atoms with Gasteiger partial charge in [-0.3, -0.25) is 9.59 Å². The van der Waals surface area contributed by atoms with Crippen molar-refractivity contribution in [3.8, 4) is 0 Å². The lowest BCUT2D eigenvalue weighted by atomic mass is 10.0. The van der Waals surface area contributed by atoms with E-state index in [0.717, 1.165) is 22.3 Å². The summed E-state index contributed by atoms with van der Waals surface area (Å²) in [4.78, 5) is 24.8. The first-order valence-electron chi connectivity index (χ1n) is 10.6. The predicted octanol–water partition coefficient (Wildman–Crippen LogP) is 4.82. The van der Waals surface area contributed by atoms with Crippen LogP contribution in [0.15, 0.2) is 63.2 Å². The maximum atomic E-state index is 12.4. The van der Waals surface area contributed by atoms with Gasteiger partial charge in [0, 0.05) is 0 Å². The Kier molecular flexibility index (Phi) is 7.23. The molecule has 0 unspecified atom stereocenters. The van der Waals surface area contributed by atoms with Gasteiger partial charge in [0.2, 0.25) is 0 Å². The van der Waals surface area contributed by atoms with E-state index in [0.29, 0.717) is 11.4 Å². The number of hydrazone groups is 2. The fraction of sp³-hybridized carbons (Fsp3) is 0.231. The lowest BCUT2D eigenvalue weighted by Crippen LogP contribution is -2.20. The molecule has 2 aromatic carbocycles. The number of amides is 2. The summed E-state index contributed by atoms with van der Waals surface area (Å²) in [5.74, 6) is -1.14. The zero-order valence-electron chi connectivity index (χ0n) is 19.7. The summed E-state index contributed by atoms with van der Waals surface area (Å²) in [5.41, 5.74) is 12.7. The minimum Gasteiger partial charge on any atom is -0.446 e. The van der Waals surface area contributed by atoms with E-state index in [2.05, 4.69) is 21.1 Å². The molecule has 0 saturated heterocycles. The van der Waals surface area contributed by atoms with Crippen LogP contribution in [0.1, 0.15) is 68.3 Å². The highest BCUT2D eigenvalue weighted by Gasteiger charge is 2.16. The molecule has 0 fully saturated rings. The second-order valence-corrected chi connectivity index (χ2v) is 8.04. The molecule has 0 aliphatic rings. The highest BCUT2D eigenvalue weighted by atomic mass is 16.4. The van der Waals surface area contributed by atoms with Crippen molar-refractivity contribution in [1.29, 1.82) is 0 Å². The molecule has 0 aliphatic carbocycles. The Bertz CT molecular complexity index is 1170. The zero-order valence-corrected chi connectivity index (χ0v) is 19.7. The second kappa shape index (κ2) is 10.1. The lowest BCUT2D eigenvalue weighted by Gasteiger charge is -2.05. The molecule has 7 heteroatoms. The summed E-state index contributed by atoms with van der Waals surface area (Å²) in [6.45, 7) is 11.7. The van der Waals surface area contributed by atoms with Gasteiger partial charge in [0.1, 0.15) is 0 Å². The summed E-state index contributed by atoms with van der Waals surface area (Å²) in [6.07, 6.45) is 0. The fourth-order valence-corrected chi connectivity index (χ4v) is 3.02. The molecule has 7 nitrogen and oxygen atoms in total. The third-order valence-corrected chi connectivity index (χ3v) is 5.55. The van der Waals surface area contributed by atoms with E-state index in [1.807, 2.05) is 64.1 Å². The van der Waals surface area contributed by atoms with Crippen molar-refractivity contribution >= 4 is 23.2 Å². The largest absolute Gasteiger partial charge is 0.446 e. The number of aryl methyl sites for hydroxylation is 4. The molecule has 3 rings (SSSR count). The van der Waals surface area contributed by atoms with Crippen LogP contribution >= 0.6 is 0 Å². The molecule has 170 valence electrons. The molecule has 2 amide bonds. The summed E-state index contributed by atoms with van der Waals surface area (Å²) in [6, 6.07) is 14.8. The van der Waals surface area contributed by atoms with Crippen molar-refractivity contribution in [2.45, 2.75) is 41.5 Å². The molecule has 1 aromatic heterocycles. The summed E-state index contributed by atoms with van der Waals surface area (Å²) in [7, 11) is 0. The van der Waals surface area contributed by atoms with E-state index >= 15 is 0 Å². The summed E-state index contributed by atoms with van der Waals surface area (Å²) >= 11 is 0. The average Bonchev–Trinajstić information content (AvgIpc) is 3.29. The molecular formula is C26H28N4O3. The van der Waals surface area contributed by atoms with Crippen LogP contribution in [0, 0.1) is 27.7 Å². The van der Waals surface area contributed by atoms with Gasteiger partial charge in [0.05, 0.1) is 11.4 Å². The Balaban J connectivity index is 1.63. The number of carbonyl (C=O) groups is 2. The Hall–Kier alpha value is -4.00. The van der Waals surface area contributed by atoms with Gasteiger partial charge < -0.3 is 4.42 Å². The van der Waals surface area contributed by atoms with Crippen LogP contribution in [0.4, 0.5) is 0 Å². The summed E-state index contributed by atoms with van der Waals surface area (Å²) in [5, 5.41) is 8.27. The van der Waals surface area contributed by atoms with Crippen LogP contribution in [0.3, 0.4) is 0 Å². The maximum Gasteiger partial charge on any atom is 0.307 e. The topological polar surface area (TPSA) is 96.1 Å². The van der Waals surface area contributed by atoms with Gasteiger partial charge in [-0.2, -0.15) is 10.2 Å². The molecule has 3 aromatic rings. The van der Waals surface area contributed by atoms with E-state index in [9.17, 15) is 9.59 Å². The van der Waals surface area contributed by atoms with Crippen LogP contribution in [-0.4, -0.2) is 23.2 Å². The van der Waals surface area contributed by atoms with E-state index in [4.69, 9.17) is 4.42 Å². The Morgan fingerprint density at radius 2 is 1.03 bits per heavy atom. The monoisotopic (exact) mass is 444 g/mol. The van der Waals surface area contributed by atoms with Gasteiger partial charge in [-0.25, -0.2) is 10.9 Å². The second-order valence-electron chi connectivity index (χ2n) is 8.04. The molecule has 1 heterocycles. The number of nitrogens with one attached hydrogen (secondary N) is 2.